The third-order valence-corrected chi connectivity index (χ3v) is 4.01. The Hall–Kier alpha value is -0.190. The van der Waals surface area contributed by atoms with E-state index in [0.717, 1.165) is 9.60 Å². The summed E-state index contributed by atoms with van der Waals surface area (Å²) in [4.78, 5) is 1.36. The summed E-state index contributed by atoms with van der Waals surface area (Å²) in [6, 6.07) is 3.72. The van der Waals surface area contributed by atoms with E-state index in [-0.39, 0.29) is 5.82 Å². The van der Waals surface area contributed by atoms with E-state index in [9.17, 15) is 4.39 Å². The molecule has 1 aromatic heterocycles. The Morgan fingerprint density at radius 1 is 1.54 bits per heavy atom. The first-order chi connectivity index (χ1) is 6.24. The van der Waals surface area contributed by atoms with Gasteiger partial charge >= 0.3 is 0 Å². The third-order valence-electron chi connectivity index (χ3n) is 1.84. The lowest BCUT2D eigenvalue weighted by atomic mass is 10.2. The molecule has 0 fully saturated rings. The zero-order valence-corrected chi connectivity index (χ0v) is 9.40. The van der Waals surface area contributed by atoms with Gasteiger partial charge in [0.15, 0.2) is 0 Å². The van der Waals surface area contributed by atoms with E-state index in [0.29, 0.717) is 10.3 Å². The molecule has 0 aliphatic carbocycles. The van der Waals surface area contributed by atoms with E-state index in [2.05, 4.69) is 12.6 Å². The van der Waals surface area contributed by atoms with Crippen LogP contribution < -0.4 is 0 Å². The van der Waals surface area contributed by atoms with Crippen LogP contribution in [0.15, 0.2) is 27.3 Å². The standard InChI is InChI=1S/C9H7FS3/c1-12-9-6(11)4-7-5(8(9)10)2-3-13-7/h2-4,11H,1H3. The minimum absolute atomic E-state index is 0.142. The van der Waals surface area contributed by atoms with Crippen LogP contribution in [0.25, 0.3) is 10.1 Å². The summed E-state index contributed by atoms with van der Waals surface area (Å²) in [6.07, 6.45) is 1.86. The van der Waals surface area contributed by atoms with Crippen molar-refractivity contribution in [2.24, 2.45) is 0 Å². The Labute approximate surface area is 89.6 Å². The zero-order valence-electron chi connectivity index (χ0n) is 6.87. The van der Waals surface area contributed by atoms with Crippen molar-refractivity contribution in [3.63, 3.8) is 0 Å². The smallest absolute Gasteiger partial charge is 0.146 e. The number of hydrogen-bond donors (Lipinski definition) is 1. The highest BCUT2D eigenvalue weighted by Crippen LogP contribution is 2.35. The lowest BCUT2D eigenvalue weighted by molar-refractivity contribution is 0.608. The van der Waals surface area contributed by atoms with Crippen molar-refractivity contribution in [1.29, 1.82) is 0 Å². The lowest BCUT2D eigenvalue weighted by Gasteiger charge is -2.03. The van der Waals surface area contributed by atoms with Gasteiger partial charge in [-0.2, -0.15) is 0 Å². The van der Waals surface area contributed by atoms with Gasteiger partial charge in [-0.25, -0.2) is 4.39 Å². The molecule has 0 saturated heterocycles. The van der Waals surface area contributed by atoms with Crippen LogP contribution in [0.4, 0.5) is 4.39 Å². The van der Waals surface area contributed by atoms with Crippen LogP contribution in [0, 0.1) is 5.82 Å². The highest BCUT2D eigenvalue weighted by atomic mass is 32.2. The second-order valence-electron chi connectivity index (χ2n) is 2.58. The molecule has 0 atom stereocenters. The number of hydrogen-bond acceptors (Lipinski definition) is 3. The van der Waals surface area contributed by atoms with Gasteiger partial charge in [0.25, 0.3) is 0 Å². The second kappa shape index (κ2) is 3.52. The van der Waals surface area contributed by atoms with Crippen LogP contribution in [0.3, 0.4) is 0 Å². The van der Waals surface area contributed by atoms with Crippen molar-refractivity contribution in [1.82, 2.24) is 0 Å². The molecule has 4 heteroatoms. The molecular formula is C9H7FS3. The number of thiol groups is 1. The number of thioether (sulfide) groups is 1. The Bertz CT molecular complexity index is 447. The molecule has 2 aromatic rings. The van der Waals surface area contributed by atoms with Gasteiger partial charge in [0.1, 0.15) is 5.82 Å². The summed E-state index contributed by atoms with van der Waals surface area (Å²) >= 11 is 7.17. The first kappa shape index (κ1) is 9.37. The van der Waals surface area contributed by atoms with Crippen molar-refractivity contribution >= 4 is 45.8 Å². The highest BCUT2D eigenvalue weighted by molar-refractivity contribution is 7.99. The SMILES string of the molecule is CSc1c(S)cc2sccc2c1F. The second-order valence-corrected chi connectivity index (χ2v) is 4.82. The molecule has 0 nitrogen and oxygen atoms in total. The molecule has 2 rings (SSSR count). The molecule has 0 aliphatic rings. The van der Waals surface area contributed by atoms with Gasteiger partial charge in [0.05, 0.1) is 4.90 Å². The minimum atomic E-state index is -0.142. The maximum Gasteiger partial charge on any atom is 0.146 e. The van der Waals surface area contributed by atoms with Crippen LogP contribution in [0.5, 0.6) is 0 Å². The number of benzene rings is 1. The average molecular weight is 230 g/mol. The molecule has 0 saturated carbocycles. The number of halogens is 1. The maximum atomic E-state index is 13.7. The first-order valence-electron chi connectivity index (χ1n) is 3.66. The van der Waals surface area contributed by atoms with Gasteiger partial charge in [-0.3, -0.25) is 0 Å². The van der Waals surface area contributed by atoms with Crippen LogP contribution in [-0.4, -0.2) is 6.26 Å². The summed E-state index contributed by atoms with van der Waals surface area (Å²) in [5, 5.41) is 2.59. The molecule has 68 valence electrons. The normalized spacial score (nSPS) is 11.0. The zero-order chi connectivity index (χ0) is 9.42. The molecule has 0 unspecified atom stereocenters. The van der Waals surface area contributed by atoms with Crippen LogP contribution in [0.2, 0.25) is 0 Å². The molecular weight excluding hydrogens is 223 g/mol. The molecule has 0 bridgehead atoms. The fraction of sp³-hybridized carbons (Fsp3) is 0.111. The van der Waals surface area contributed by atoms with E-state index in [1.165, 1.54) is 23.1 Å². The van der Waals surface area contributed by atoms with Gasteiger partial charge in [-0.15, -0.1) is 35.7 Å². The molecule has 1 heterocycles. The molecule has 0 spiro atoms. The minimum Gasteiger partial charge on any atom is -0.205 e. The average Bonchev–Trinajstić information content (AvgIpc) is 2.53. The maximum absolute atomic E-state index is 13.7. The predicted octanol–water partition coefficient (Wildman–Crippen LogP) is 4.05. The quantitative estimate of drug-likeness (QED) is 0.569. The Balaban J connectivity index is 2.85. The van der Waals surface area contributed by atoms with Crippen molar-refractivity contribution < 1.29 is 4.39 Å². The fourth-order valence-corrected chi connectivity index (χ4v) is 3.20. The number of fused-ring (bicyclic) bond motifs is 1. The molecule has 1 aromatic carbocycles. The molecule has 0 radical (unpaired) electrons. The van der Waals surface area contributed by atoms with Crippen LogP contribution in [-0.2, 0) is 0 Å². The summed E-state index contributed by atoms with van der Waals surface area (Å²) in [5.74, 6) is -0.142. The van der Waals surface area contributed by atoms with Crippen molar-refractivity contribution in [3.05, 3.63) is 23.3 Å². The van der Waals surface area contributed by atoms with Gasteiger partial charge < -0.3 is 0 Å². The Morgan fingerprint density at radius 2 is 2.31 bits per heavy atom. The molecule has 0 N–H and O–H groups in total. The molecule has 13 heavy (non-hydrogen) atoms. The predicted molar refractivity (Wildman–Crippen MR) is 60.8 cm³/mol. The van der Waals surface area contributed by atoms with Crippen LogP contribution >= 0.6 is 35.7 Å². The van der Waals surface area contributed by atoms with Crippen LogP contribution in [0.1, 0.15) is 0 Å². The Morgan fingerprint density at radius 3 is 3.00 bits per heavy atom. The number of thiophene rings is 1. The summed E-state index contributed by atoms with van der Waals surface area (Å²) < 4.78 is 14.7. The molecule has 0 aliphatic heterocycles. The third kappa shape index (κ3) is 1.47. The van der Waals surface area contributed by atoms with E-state index >= 15 is 0 Å². The van der Waals surface area contributed by atoms with Crippen molar-refractivity contribution in [3.8, 4) is 0 Å². The Kier molecular flexibility index (Phi) is 2.53. The fourth-order valence-electron chi connectivity index (χ4n) is 1.23. The number of rotatable bonds is 1. The van der Waals surface area contributed by atoms with Crippen molar-refractivity contribution in [2.45, 2.75) is 9.79 Å². The van der Waals surface area contributed by atoms with E-state index in [1.54, 1.807) is 0 Å². The highest BCUT2D eigenvalue weighted by Gasteiger charge is 2.10. The summed E-state index contributed by atoms with van der Waals surface area (Å²) in [6.45, 7) is 0. The van der Waals surface area contributed by atoms with Crippen molar-refractivity contribution in [2.75, 3.05) is 6.26 Å². The largest absolute Gasteiger partial charge is 0.205 e. The van der Waals surface area contributed by atoms with Gasteiger partial charge in [-0.05, 0) is 23.8 Å². The van der Waals surface area contributed by atoms with E-state index < -0.39 is 0 Å². The van der Waals surface area contributed by atoms with E-state index in [1.807, 2.05) is 23.8 Å². The first-order valence-corrected chi connectivity index (χ1v) is 6.22. The topological polar surface area (TPSA) is 0 Å². The lowest BCUT2D eigenvalue weighted by Crippen LogP contribution is -1.83. The van der Waals surface area contributed by atoms with Gasteiger partial charge in [0.2, 0.25) is 0 Å². The van der Waals surface area contributed by atoms with Gasteiger partial charge in [0, 0.05) is 15.0 Å². The monoisotopic (exact) mass is 230 g/mol. The molecule has 0 amide bonds. The summed E-state index contributed by atoms with van der Waals surface area (Å²) in [7, 11) is 0. The van der Waals surface area contributed by atoms with E-state index in [4.69, 9.17) is 0 Å². The summed E-state index contributed by atoms with van der Waals surface area (Å²) in [5.41, 5.74) is 0. The van der Waals surface area contributed by atoms with Gasteiger partial charge in [-0.1, -0.05) is 0 Å².